The zero-order chi connectivity index (χ0) is 21.1. The van der Waals surface area contributed by atoms with Gasteiger partial charge in [0.15, 0.2) is 11.5 Å². The quantitative estimate of drug-likeness (QED) is 0.384. The van der Waals surface area contributed by atoms with Gasteiger partial charge in [-0.2, -0.15) is 5.10 Å². The Morgan fingerprint density at radius 1 is 1.03 bits per heavy atom. The van der Waals surface area contributed by atoms with Crippen LogP contribution in [0, 0.1) is 0 Å². The number of carbonyl (C=O) groups is 2. The third-order valence-corrected chi connectivity index (χ3v) is 3.64. The van der Waals surface area contributed by atoms with E-state index in [1.165, 1.54) is 13.3 Å². The Balaban J connectivity index is 1.96. The smallest absolute Gasteiger partial charge is 0.329 e. The Kier molecular flexibility index (Phi) is 8.50. The van der Waals surface area contributed by atoms with Gasteiger partial charge in [0.05, 0.1) is 26.5 Å². The van der Waals surface area contributed by atoms with Gasteiger partial charge in [0.1, 0.15) is 5.75 Å². The molecule has 2 amide bonds. The lowest BCUT2D eigenvalue weighted by Gasteiger charge is -2.11. The lowest BCUT2D eigenvalue weighted by molar-refractivity contribution is -0.136. The predicted molar refractivity (Wildman–Crippen MR) is 111 cm³/mol. The van der Waals surface area contributed by atoms with Crippen molar-refractivity contribution in [2.45, 2.75) is 20.3 Å². The zero-order valence-corrected chi connectivity index (χ0v) is 16.7. The lowest BCUT2D eigenvalue weighted by atomic mass is 10.2. The molecule has 0 aliphatic heterocycles. The first-order valence-electron chi connectivity index (χ1n) is 9.25. The van der Waals surface area contributed by atoms with Crippen molar-refractivity contribution in [1.29, 1.82) is 0 Å². The van der Waals surface area contributed by atoms with Crippen molar-refractivity contribution in [2.24, 2.45) is 5.10 Å². The molecule has 154 valence electrons. The van der Waals surface area contributed by atoms with Crippen LogP contribution in [0.25, 0.3) is 0 Å². The number of anilines is 1. The molecule has 0 aliphatic carbocycles. The summed E-state index contributed by atoms with van der Waals surface area (Å²) in [4.78, 5) is 23.9. The fourth-order valence-corrected chi connectivity index (χ4v) is 2.31. The van der Waals surface area contributed by atoms with Crippen LogP contribution < -0.4 is 25.0 Å². The van der Waals surface area contributed by atoms with Crippen molar-refractivity contribution in [3.8, 4) is 17.2 Å². The van der Waals surface area contributed by atoms with Gasteiger partial charge in [0.2, 0.25) is 0 Å². The summed E-state index contributed by atoms with van der Waals surface area (Å²) in [6, 6.07) is 12.0. The number of hydrogen-bond acceptors (Lipinski definition) is 6. The molecule has 8 heteroatoms. The molecule has 2 aromatic carbocycles. The molecular weight excluding hydrogens is 374 g/mol. The summed E-state index contributed by atoms with van der Waals surface area (Å²) in [5, 5.41) is 6.30. The van der Waals surface area contributed by atoms with E-state index in [4.69, 9.17) is 14.2 Å². The molecule has 2 rings (SSSR count). The van der Waals surface area contributed by atoms with E-state index in [-0.39, 0.29) is 0 Å². The summed E-state index contributed by atoms with van der Waals surface area (Å²) in [7, 11) is 1.52. The SMILES string of the molecule is CCCOc1ccc(/C=N\NC(=O)C(=O)Nc2cccc(OC)c2)cc1OCC. The number of hydrazone groups is 1. The van der Waals surface area contributed by atoms with Crippen LogP contribution in [0.5, 0.6) is 17.2 Å². The highest BCUT2D eigenvalue weighted by atomic mass is 16.5. The van der Waals surface area contributed by atoms with Gasteiger partial charge in [-0.25, -0.2) is 5.43 Å². The second-order valence-electron chi connectivity index (χ2n) is 5.87. The normalized spacial score (nSPS) is 10.4. The molecule has 0 aromatic heterocycles. The average molecular weight is 399 g/mol. The molecule has 0 fully saturated rings. The second kappa shape index (κ2) is 11.3. The Morgan fingerprint density at radius 3 is 2.59 bits per heavy atom. The Labute approximate surface area is 169 Å². The monoisotopic (exact) mass is 399 g/mol. The lowest BCUT2D eigenvalue weighted by Crippen LogP contribution is -2.32. The number of benzene rings is 2. The molecule has 0 radical (unpaired) electrons. The molecule has 2 aromatic rings. The fourth-order valence-electron chi connectivity index (χ4n) is 2.31. The van der Waals surface area contributed by atoms with E-state index in [0.29, 0.717) is 41.7 Å². The van der Waals surface area contributed by atoms with Crippen molar-refractivity contribution in [2.75, 3.05) is 25.6 Å². The van der Waals surface area contributed by atoms with Crippen molar-refractivity contribution in [3.63, 3.8) is 0 Å². The van der Waals surface area contributed by atoms with Gasteiger partial charge in [-0.05, 0) is 49.2 Å². The van der Waals surface area contributed by atoms with Crippen LogP contribution in [0.4, 0.5) is 5.69 Å². The van der Waals surface area contributed by atoms with Gasteiger partial charge in [0.25, 0.3) is 0 Å². The Hall–Kier alpha value is -3.55. The molecule has 0 spiro atoms. The maximum atomic E-state index is 12.0. The van der Waals surface area contributed by atoms with Crippen LogP contribution in [-0.4, -0.2) is 38.4 Å². The van der Waals surface area contributed by atoms with Crippen LogP contribution in [0.3, 0.4) is 0 Å². The van der Waals surface area contributed by atoms with Crippen LogP contribution in [0.1, 0.15) is 25.8 Å². The third kappa shape index (κ3) is 6.84. The van der Waals surface area contributed by atoms with E-state index < -0.39 is 11.8 Å². The molecule has 0 aliphatic rings. The summed E-state index contributed by atoms with van der Waals surface area (Å²) in [6.45, 7) is 4.98. The Morgan fingerprint density at radius 2 is 1.86 bits per heavy atom. The summed E-state index contributed by atoms with van der Waals surface area (Å²) in [5.41, 5.74) is 3.32. The van der Waals surface area contributed by atoms with Gasteiger partial charge in [-0.1, -0.05) is 13.0 Å². The molecule has 0 unspecified atom stereocenters. The van der Waals surface area contributed by atoms with Crippen LogP contribution in [0.2, 0.25) is 0 Å². The molecule has 0 atom stereocenters. The summed E-state index contributed by atoms with van der Waals surface area (Å²) >= 11 is 0. The maximum absolute atomic E-state index is 12.0. The predicted octanol–water partition coefficient (Wildman–Crippen LogP) is 2.97. The molecule has 0 bridgehead atoms. The number of nitrogens with one attached hydrogen (secondary N) is 2. The fraction of sp³-hybridized carbons (Fsp3) is 0.286. The average Bonchev–Trinajstić information content (AvgIpc) is 2.73. The molecular formula is C21H25N3O5. The van der Waals surface area contributed by atoms with E-state index >= 15 is 0 Å². The number of nitrogens with zero attached hydrogens (tertiary/aromatic N) is 1. The highest BCUT2D eigenvalue weighted by Gasteiger charge is 2.13. The molecule has 8 nitrogen and oxygen atoms in total. The van der Waals surface area contributed by atoms with Gasteiger partial charge in [-0.3, -0.25) is 9.59 Å². The number of ether oxygens (including phenoxy) is 3. The van der Waals surface area contributed by atoms with Crippen molar-refractivity contribution in [3.05, 3.63) is 48.0 Å². The number of hydrogen-bond donors (Lipinski definition) is 2. The first-order chi connectivity index (χ1) is 14.1. The summed E-state index contributed by atoms with van der Waals surface area (Å²) in [6.07, 6.45) is 2.31. The first kappa shape index (κ1) is 21.7. The minimum absolute atomic E-state index is 0.442. The minimum atomic E-state index is -0.892. The minimum Gasteiger partial charge on any atom is -0.497 e. The highest BCUT2D eigenvalue weighted by molar-refractivity contribution is 6.39. The summed E-state index contributed by atoms with van der Waals surface area (Å²) in [5.74, 6) is 0.0722. The first-order valence-corrected chi connectivity index (χ1v) is 9.25. The van der Waals surface area contributed by atoms with Gasteiger partial charge in [0, 0.05) is 11.8 Å². The van der Waals surface area contributed by atoms with E-state index in [0.717, 1.165) is 6.42 Å². The van der Waals surface area contributed by atoms with E-state index in [9.17, 15) is 9.59 Å². The zero-order valence-electron chi connectivity index (χ0n) is 16.7. The van der Waals surface area contributed by atoms with Crippen molar-refractivity contribution >= 4 is 23.7 Å². The van der Waals surface area contributed by atoms with Gasteiger partial charge < -0.3 is 19.5 Å². The highest BCUT2D eigenvalue weighted by Crippen LogP contribution is 2.28. The van der Waals surface area contributed by atoms with Crippen molar-refractivity contribution < 1.29 is 23.8 Å². The molecule has 0 saturated carbocycles. The van der Waals surface area contributed by atoms with Crippen LogP contribution in [-0.2, 0) is 9.59 Å². The largest absolute Gasteiger partial charge is 0.497 e. The number of carbonyl (C=O) groups excluding carboxylic acids is 2. The molecule has 29 heavy (non-hydrogen) atoms. The van der Waals surface area contributed by atoms with E-state index in [1.807, 2.05) is 13.8 Å². The number of methoxy groups -OCH3 is 1. The molecule has 2 N–H and O–H groups in total. The number of rotatable bonds is 9. The molecule has 0 heterocycles. The van der Waals surface area contributed by atoms with Crippen LogP contribution in [0.15, 0.2) is 47.6 Å². The topological polar surface area (TPSA) is 98.2 Å². The standard InChI is InChI=1S/C21H25N3O5/c1-4-11-29-18-10-9-15(12-19(18)28-5-2)14-22-24-21(26)20(25)23-16-7-6-8-17(13-16)27-3/h6-10,12-14H,4-5,11H2,1-3H3,(H,23,25)(H,24,26)/b22-14-. The summed E-state index contributed by atoms with van der Waals surface area (Å²) < 4.78 is 16.3. The third-order valence-electron chi connectivity index (χ3n) is 3.64. The maximum Gasteiger partial charge on any atom is 0.329 e. The van der Waals surface area contributed by atoms with E-state index in [1.54, 1.807) is 42.5 Å². The number of amides is 2. The Bertz CT molecular complexity index is 867. The molecule has 0 saturated heterocycles. The van der Waals surface area contributed by atoms with Gasteiger partial charge in [-0.15, -0.1) is 0 Å². The van der Waals surface area contributed by atoms with Gasteiger partial charge >= 0.3 is 11.8 Å². The van der Waals surface area contributed by atoms with E-state index in [2.05, 4.69) is 15.8 Å². The van der Waals surface area contributed by atoms with Crippen molar-refractivity contribution in [1.82, 2.24) is 5.43 Å². The van der Waals surface area contributed by atoms with Crippen LogP contribution >= 0.6 is 0 Å². The second-order valence-corrected chi connectivity index (χ2v) is 5.87.